The molecular formula is C14H16ClNO2. The van der Waals surface area contributed by atoms with Gasteiger partial charge in [0.1, 0.15) is 5.72 Å². The Morgan fingerprint density at radius 1 is 1.44 bits per heavy atom. The first-order valence-electron chi connectivity index (χ1n) is 6.29. The molecule has 0 saturated carbocycles. The number of halogens is 1. The lowest BCUT2D eigenvalue weighted by atomic mass is 10.1. The zero-order valence-corrected chi connectivity index (χ0v) is 11.1. The van der Waals surface area contributed by atoms with Crippen molar-refractivity contribution in [3.8, 4) is 0 Å². The van der Waals surface area contributed by atoms with Crippen LogP contribution in [-0.2, 0) is 16.0 Å². The number of ether oxygens (including phenoxy) is 1. The van der Waals surface area contributed by atoms with Crippen LogP contribution < -0.4 is 0 Å². The van der Waals surface area contributed by atoms with Crippen molar-refractivity contribution in [1.29, 1.82) is 0 Å². The molecule has 2 fully saturated rings. The number of benzene rings is 1. The third-order valence-corrected chi connectivity index (χ3v) is 4.17. The molecule has 2 aliphatic rings. The first-order chi connectivity index (χ1) is 8.58. The van der Waals surface area contributed by atoms with E-state index in [0.717, 1.165) is 17.9 Å². The molecule has 96 valence electrons. The van der Waals surface area contributed by atoms with Crippen LogP contribution in [0.3, 0.4) is 0 Å². The molecule has 18 heavy (non-hydrogen) atoms. The Bertz CT molecular complexity index is 473. The standard InChI is InChI=1S/C14H16ClNO2/c1-14-7-6-13(17)16(14)12(9-18-14)8-10-2-4-11(15)5-3-10/h2-5,12H,6-9H2,1H3. The second-order valence-electron chi connectivity index (χ2n) is 5.23. The van der Waals surface area contributed by atoms with E-state index >= 15 is 0 Å². The van der Waals surface area contributed by atoms with Crippen molar-refractivity contribution in [2.75, 3.05) is 6.61 Å². The zero-order chi connectivity index (χ0) is 12.8. The monoisotopic (exact) mass is 265 g/mol. The molecule has 1 amide bonds. The molecule has 2 saturated heterocycles. The Balaban J connectivity index is 1.78. The van der Waals surface area contributed by atoms with Gasteiger partial charge in [0.2, 0.25) is 5.91 Å². The molecule has 2 aliphatic heterocycles. The minimum atomic E-state index is -0.367. The van der Waals surface area contributed by atoms with E-state index in [9.17, 15) is 4.79 Å². The van der Waals surface area contributed by atoms with Crippen LogP contribution in [0.15, 0.2) is 24.3 Å². The Kier molecular flexibility index (Phi) is 2.83. The Labute approximate surface area is 112 Å². The number of carbonyl (C=O) groups excluding carboxylic acids is 1. The average molecular weight is 266 g/mol. The minimum Gasteiger partial charge on any atom is -0.354 e. The van der Waals surface area contributed by atoms with Gasteiger partial charge < -0.3 is 9.64 Å². The van der Waals surface area contributed by atoms with Gasteiger partial charge in [0.05, 0.1) is 12.6 Å². The quantitative estimate of drug-likeness (QED) is 0.823. The van der Waals surface area contributed by atoms with Crippen LogP contribution in [0.2, 0.25) is 5.02 Å². The maximum Gasteiger partial charge on any atom is 0.225 e. The lowest BCUT2D eigenvalue weighted by Gasteiger charge is -2.29. The molecule has 2 heterocycles. The first kappa shape index (κ1) is 12.0. The maximum absolute atomic E-state index is 11.9. The SMILES string of the molecule is CC12CCC(=O)N1C(Cc1ccc(Cl)cc1)CO2. The summed E-state index contributed by atoms with van der Waals surface area (Å²) >= 11 is 5.87. The summed E-state index contributed by atoms with van der Waals surface area (Å²) in [6.45, 7) is 2.64. The molecule has 1 aromatic rings. The number of hydrogen-bond donors (Lipinski definition) is 0. The van der Waals surface area contributed by atoms with Gasteiger partial charge in [-0.05, 0) is 31.0 Å². The number of hydrogen-bond acceptors (Lipinski definition) is 2. The highest BCUT2D eigenvalue weighted by atomic mass is 35.5. The van der Waals surface area contributed by atoms with Gasteiger partial charge in [-0.2, -0.15) is 0 Å². The second kappa shape index (κ2) is 4.25. The molecular weight excluding hydrogens is 250 g/mol. The van der Waals surface area contributed by atoms with Gasteiger partial charge >= 0.3 is 0 Å². The topological polar surface area (TPSA) is 29.5 Å². The van der Waals surface area contributed by atoms with E-state index in [4.69, 9.17) is 16.3 Å². The summed E-state index contributed by atoms with van der Waals surface area (Å²) in [5, 5.41) is 0.739. The van der Waals surface area contributed by atoms with Crippen molar-refractivity contribution in [2.45, 2.75) is 38.0 Å². The smallest absolute Gasteiger partial charge is 0.225 e. The van der Waals surface area contributed by atoms with Gasteiger partial charge in [0, 0.05) is 17.9 Å². The van der Waals surface area contributed by atoms with Gasteiger partial charge in [0.25, 0.3) is 0 Å². The summed E-state index contributed by atoms with van der Waals surface area (Å²) < 4.78 is 5.82. The lowest BCUT2D eigenvalue weighted by molar-refractivity contribution is -0.136. The van der Waals surface area contributed by atoms with Gasteiger partial charge in [-0.3, -0.25) is 4.79 Å². The van der Waals surface area contributed by atoms with Crippen LogP contribution in [0, 0.1) is 0 Å². The average Bonchev–Trinajstić information content (AvgIpc) is 2.82. The van der Waals surface area contributed by atoms with Crippen molar-refractivity contribution in [3.05, 3.63) is 34.9 Å². The van der Waals surface area contributed by atoms with E-state index in [0.29, 0.717) is 13.0 Å². The largest absolute Gasteiger partial charge is 0.354 e. The van der Waals surface area contributed by atoms with Gasteiger partial charge in [-0.1, -0.05) is 23.7 Å². The van der Waals surface area contributed by atoms with Crippen molar-refractivity contribution >= 4 is 17.5 Å². The molecule has 4 heteroatoms. The molecule has 0 aliphatic carbocycles. The number of amides is 1. The summed E-state index contributed by atoms with van der Waals surface area (Å²) in [4.78, 5) is 13.9. The molecule has 3 nitrogen and oxygen atoms in total. The second-order valence-corrected chi connectivity index (χ2v) is 5.67. The summed E-state index contributed by atoms with van der Waals surface area (Å²) in [5.74, 6) is 0.217. The summed E-state index contributed by atoms with van der Waals surface area (Å²) in [6, 6.07) is 7.96. The zero-order valence-electron chi connectivity index (χ0n) is 10.4. The van der Waals surface area contributed by atoms with Gasteiger partial charge in [-0.15, -0.1) is 0 Å². The number of rotatable bonds is 2. The number of nitrogens with zero attached hydrogens (tertiary/aromatic N) is 1. The predicted octanol–water partition coefficient (Wildman–Crippen LogP) is 2.62. The third-order valence-electron chi connectivity index (χ3n) is 3.92. The summed E-state index contributed by atoms with van der Waals surface area (Å²) in [6.07, 6.45) is 2.25. The minimum absolute atomic E-state index is 0.158. The number of fused-ring (bicyclic) bond motifs is 1. The van der Waals surface area contributed by atoms with Crippen LogP contribution in [-0.4, -0.2) is 29.2 Å². The normalized spacial score (nSPS) is 30.9. The van der Waals surface area contributed by atoms with Crippen molar-refractivity contribution < 1.29 is 9.53 Å². The summed E-state index contributed by atoms with van der Waals surface area (Å²) in [5.41, 5.74) is 0.825. The van der Waals surface area contributed by atoms with Gasteiger partial charge in [-0.25, -0.2) is 0 Å². The molecule has 0 bridgehead atoms. The molecule has 2 atom stereocenters. The fraction of sp³-hybridized carbons (Fsp3) is 0.500. The first-order valence-corrected chi connectivity index (χ1v) is 6.67. The molecule has 3 rings (SSSR count). The highest BCUT2D eigenvalue weighted by Gasteiger charge is 2.50. The maximum atomic E-state index is 11.9. The Morgan fingerprint density at radius 3 is 2.89 bits per heavy atom. The van der Waals surface area contributed by atoms with E-state index in [2.05, 4.69) is 0 Å². The van der Waals surface area contributed by atoms with E-state index in [1.165, 1.54) is 5.56 Å². The van der Waals surface area contributed by atoms with Crippen LogP contribution in [0.1, 0.15) is 25.3 Å². The van der Waals surface area contributed by atoms with Crippen molar-refractivity contribution in [1.82, 2.24) is 4.90 Å². The lowest BCUT2D eigenvalue weighted by Crippen LogP contribution is -2.44. The fourth-order valence-corrected chi connectivity index (χ4v) is 3.09. The predicted molar refractivity (Wildman–Crippen MR) is 69.4 cm³/mol. The highest BCUT2D eigenvalue weighted by molar-refractivity contribution is 6.30. The van der Waals surface area contributed by atoms with Crippen molar-refractivity contribution in [2.24, 2.45) is 0 Å². The van der Waals surface area contributed by atoms with Crippen LogP contribution >= 0.6 is 11.6 Å². The van der Waals surface area contributed by atoms with Gasteiger partial charge in [0.15, 0.2) is 0 Å². The van der Waals surface area contributed by atoms with Crippen LogP contribution in [0.25, 0.3) is 0 Å². The molecule has 0 N–H and O–H groups in total. The highest BCUT2D eigenvalue weighted by Crippen LogP contribution is 2.39. The van der Waals surface area contributed by atoms with E-state index in [1.54, 1.807) is 0 Å². The molecule has 2 unspecified atom stereocenters. The Morgan fingerprint density at radius 2 is 2.17 bits per heavy atom. The van der Waals surface area contributed by atoms with E-state index < -0.39 is 0 Å². The number of carbonyl (C=O) groups is 1. The summed E-state index contributed by atoms with van der Waals surface area (Å²) in [7, 11) is 0. The third kappa shape index (κ3) is 1.91. The van der Waals surface area contributed by atoms with E-state index in [1.807, 2.05) is 36.1 Å². The van der Waals surface area contributed by atoms with Crippen molar-refractivity contribution in [3.63, 3.8) is 0 Å². The molecule has 0 spiro atoms. The fourth-order valence-electron chi connectivity index (χ4n) is 2.97. The molecule has 0 radical (unpaired) electrons. The molecule has 0 aromatic heterocycles. The molecule has 1 aromatic carbocycles. The Hall–Kier alpha value is -1.06. The van der Waals surface area contributed by atoms with Crippen LogP contribution in [0.5, 0.6) is 0 Å². The van der Waals surface area contributed by atoms with E-state index in [-0.39, 0.29) is 17.7 Å². The van der Waals surface area contributed by atoms with Crippen LogP contribution in [0.4, 0.5) is 0 Å².